The molecule has 0 radical (unpaired) electrons. The van der Waals surface area contributed by atoms with Crippen molar-refractivity contribution in [3.05, 3.63) is 35.9 Å². The van der Waals surface area contributed by atoms with Gasteiger partial charge in [-0.25, -0.2) is 0 Å². The van der Waals surface area contributed by atoms with E-state index in [9.17, 15) is 5.11 Å². The molecule has 0 aromatic heterocycles. The van der Waals surface area contributed by atoms with Crippen molar-refractivity contribution in [3.63, 3.8) is 0 Å². The molecule has 3 fully saturated rings. The Morgan fingerprint density at radius 3 is 2.31 bits per heavy atom. The monoisotopic (exact) mass is 218 g/mol. The normalized spacial score (nSPS) is 37.6. The fraction of sp³-hybridized carbons (Fsp3) is 0.538. The van der Waals surface area contributed by atoms with E-state index in [1.807, 2.05) is 18.2 Å². The lowest BCUT2D eigenvalue weighted by Crippen LogP contribution is -2.69. The lowest BCUT2D eigenvalue weighted by molar-refractivity contribution is -0.180. The third-order valence-corrected chi connectivity index (χ3v) is 3.77. The summed E-state index contributed by atoms with van der Waals surface area (Å²) in [6.07, 6.45) is 0.740. The van der Waals surface area contributed by atoms with Gasteiger partial charge in [-0.2, -0.15) is 0 Å². The largest absolute Gasteiger partial charge is 0.374 e. The molecular weight excluding hydrogens is 200 g/mol. The zero-order valence-corrected chi connectivity index (χ0v) is 9.47. The first-order valence-corrected chi connectivity index (χ1v) is 6.00. The van der Waals surface area contributed by atoms with Gasteiger partial charge in [0, 0.05) is 39.1 Å². The molecule has 1 unspecified atom stereocenters. The molecule has 3 aliphatic rings. The van der Waals surface area contributed by atoms with E-state index < -0.39 is 5.72 Å². The van der Waals surface area contributed by atoms with Gasteiger partial charge >= 0.3 is 0 Å². The van der Waals surface area contributed by atoms with Crippen molar-refractivity contribution in [2.45, 2.75) is 12.1 Å². The summed E-state index contributed by atoms with van der Waals surface area (Å²) in [6, 6.07) is 10.3. The molecule has 0 amide bonds. The maximum Gasteiger partial charge on any atom is 0.135 e. The Morgan fingerprint density at radius 1 is 1.06 bits per heavy atom. The Kier molecular flexibility index (Phi) is 2.46. The van der Waals surface area contributed by atoms with Gasteiger partial charge in [-0.1, -0.05) is 30.3 Å². The van der Waals surface area contributed by atoms with Crippen LogP contribution in [0.1, 0.15) is 5.56 Å². The van der Waals surface area contributed by atoms with Crippen molar-refractivity contribution in [1.82, 2.24) is 9.80 Å². The summed E-state index contributed by atoms with van der Waals surface area (Å²) in [5.74, 6) is 0. The molecule has 1 aromatic rings. The zero-order valence-electron chi connectivity index (χ0n) is 9.47. The number of fused-ring (bicyclic) bond motifs is 3. The van der Waals surface area contributed by atoms with Crippen molar-refractivity contribution in [1.29, 1.82) is 0 Å². The van der Waals surface area contributed by atoms with E-state index in [0.717, 1.165) is 39.1 Å². The van der Waals surface area contributed by atoms with Crippen LogP contribution in [0.2, 0.25) is 0 Å². The van der Waals surface area contributed by atoms with E-state index in [2.05, 4.69) is 21.9 Å². The molecule has 3 saturated heterocycles. The van der Waals surface area contributed by atoms with Crippen LogP contribution >= 0.6 is 0 Å². The first-order chi connectivity index (χ1) is 7.76. The Bertz CT molecular complexity index is 359. The highest BCUT2D eigenvalue weighted by molar-refractivity contribution is 5.17. The van der Waals surface area contributed by atoms with Crippen LogP contribution < -0.4 is 0 Å². The fourth-order valence-corrected chi connectivity index (χ4v) is 2.87. The molecular formula is C13H18N2O. The van der Waals surface area contributed by atoms with Crippen LogP contribution in [-0.4, -0.2) is 53.4 Å². The van der Waals surface area contributed by atoms with Crippen LogP contribution in [0.5, 0.6) is 0 Å². The van der Waals surface area contributed by atoms with Crippen LogP contribution in [-0.2, 0) is 6.42 Å². The van der Waals surface area contributed by atoms with Gasteiger partial charge in [0.25, 0.3) is 0 Å². The lowest BCUT2D eigenvalue weighted by atomic mass is 9.96. The average molecular weight is 218 g/mol. The molecule has 16 heavy (non-hydrogen) atoms. The molecule has 1 N–H and O–H groups in total. The molecule has 3 nitrogen and oxygen atoms in total. The summed E-state index contributed by atoms with van der Waals surface area (Å²) in [5.41, 5.74) is 0.580. The smallest absolute Gasteiger partial charge is 0.135 e. The van der Waals surface area contributed by atoms with E-state index in [-0.39, 0.29) is 0 Å². The quantitative estimate of drug-likeness (QED) is 0.785. The molecule has 0 aliphatic carbocycles. The minimum Gasteiger partial charge on any atom is -0.374 e. The number of aliphatic hydroxyl groups is 1. The minimum atomic E-state index is -0.641. The van der Waals surface area contributed by atoms with E-state index in [4.69, 9.17) is 0 Å². The summed E-state index contributed by atoms with van der Waals surface area (Å²) in [7, 11) is 0. The van der Waals surface area contributed by atoms with E-state index >= 15 is 0 Å². The van der Waals surface area contributed by atoms with E-state index in [0.29, 0.717) is 0 Å². The third kappa shape index (κ3) is 1.75. The summed E-state index contributed by atoms with van der Waals surface area (Å²) in [5, 5.41) is 10.7. The highest BCUT2D eigenvalue weighted by Crippen LogP contribution is 2.27. The van der Waals surface area contributed by atoms with Crippen molar-refractivity contribution in [2.75, 3.05) is 32.7 Å². The van der Waals surface area contributed by atoms with Gasteiger partial charge in [-0.15, -0.1) is 0 Å². The molecule has 2 bridgehead atoms. The van der Waals surface area contributed by atoms with Crippen molar-refractivity contribution < 1.29 is 5.11 Å². The van der Waals surface area contributed by atoms with E-state index in [1.165, 1.54) is 5.56 Å². The second-order valence-electron chi connectivity index (χ2n) is 4.91. The number of rotatable bonds is 2. The number of nitrogens with zero attached hydrogens (tertiary/aromatic N) is 2. The first kappa shape index (κ1) is 10.3. The zero-order chi connectivity index (χ0) is 11.0. The minimum absolute atomic E-state index is 0.641. The maximum atomic E-state index is 10.7. The van der Waals surface area contributed by atoms with Crippen LogP contribution in [0.15, 0.2) is 30.3 Å². The number of piperazine rings is 3. The number of hydrogen-bond donors (Lipinski definition) is 1. The Balaban J connectivity index is 1.79. The SMILES string of the molecule is OC1(Cc2ccccc2)CN2CCN1CC2. The van der Waals surface area contributed by atoms with Crippen LogP contribution in [0.25, 0.3) is 0 Å². The molecule has 3 heterocycles. The highest BCUT2D eigenvalue weighted by atomic mass is 16.3. The summed E-state index contributed by atoms with van der Waals surface area (Å²) < 4.78 is 0. The predicted octanol–water partition coefficient (Wildman–Crippen LogP) is 0.549. The molecule has 4 rings (SSSR count). The van der Waals surface area contributed by atoms with E-state index in [1.54, 1.807) is 0 Å². The molecule has 0 saturated carbocycles. The van der Waals surface area contributed by atoms with Crippen molar-refractivity contribution >= 4 is 0 Å². The second-order valence-corrected chi connectivity index (χ2v) is 4.91. The van der Waals surface area contributed by atoms with Gasteiger partial charge < -0.3 is 5.11 Å². The van der Waals surface area contributed by atoms with Gasteiger partial charge in [0.2, 0.25) is 0 Å². The van der Waals surface area contributed by atoms with Gasteiger partial charge in [-0.3, -0.25) is 9.80 Å². The number of hydrogen-bond acceptors (Lipinski definition) is 3. The Labute approximate surface area is 96.3 Å². The van der Waals surface area contributed by atoms with Gasteiger partial charge in [0.05, 0.1) is 0 Å². The van der Waals surface area contributed by atoms with Gasteiger partial charge in [-0.05, 0) is 5.56 Å². The van der Waals surface area contributed by atoms with Crippen LogP contribution in [0, 0.1) is 0 Å². The summed E-state index contributed by atoms with van der Waals surface area (Å²) in [6.45, 7) is 5.02. The molecule has 86 valence electrons. The van der Waals surface area contributed by atoms with Crippen LogP contribution in [0.4, 0.5) is 0 Å². The first-order valence-electron chi connectivity index (χ1n) is 6.00. The van der Waals surface area contributed by atoms with Gasteiger partial charge in [0.15, 0.2) is 0 Å². The number of benzene rings is 1. The predicted molar refractivity (Wildman–Crippen MR) is 63.1 cm³/mol. The fourth-order valence-electron chi connectivity index (χ4n) is 2.87. The highest BCUT2D eigenvalue weighted by Gasteiger charge is 2.43. The Hall–Kier alpha value is -0.900. The summed E-state index contributed by atoms with van der Waals surface area (Å²) >= 11 is 0. The van der Waals surface area contributed by atoms with Crippen molar-refractivity contribution in [3.8, 4) is 0 Å². The van der Waals surface area contributed by atoms with Crippen LogP contribution in [0.3, 0.4) is 0 Å². The molecule has 3 aliphatic heterocycles. The lowest BCUT2D eigenvalue weighted by Gasteiger charge is -2.52. The average Bonchev–Trinajstić information content (AvgIpc) is 2.31. The Morgan fingerprint density at radius 2 is 1.75 bits per heavy atom. The molecule has 1 aromatic carbocycles. The maximum absolute atomic E-state index is 10.7. The third-order valence-electron chi connectivity index (χ3n) is 3.77. The molecule has 0 spiro atoms. The molecule has 1 atom stereocenters. The molecule has 3 heteroatoms. The topological polar surface area (TPSA) is 26.7 Å². The van der Waals surface area contributed by atoms with Crippen molar-refractivity contribution in [2.24, 2.45) is 0 Å². The van der Waals surface area contributed by atoms with Gasteiger partial charge in [0.1, 0.15) is 5.72 Å². The summed E-state index contributed by atoms with van der Waals surface area (Å²) in [4.78, 5) is 4.60. The standard InChI is InChI=1S/C13H18N2O/c16-13(10-12-4-2-1-3-5-12)11-14-6-8-15(13)9-7-14/h1-5,16H,6-11H2. The second kappa shape index (κ2) is 3.84.